The lowest BCUT2D eigenvalue weighted by Gasteiger charge is -2.35. The summed E-state index contributed by atoms with van der Waals surface area (Å²) in [6.07, 6.45) is 11.2. The quantitative estimate of drug-likeness (QED) is 0.199. The van der Waals surface area contributed by atoms with Crippen molar-refractivity contribution in [2.24, 2.45) is 0 Å². The van der Waals surface area contributed by atoms with Crippen LogP contribution in [0.5, 0.6) is 0 Å². The predicted molar refractivity (Wildman–Crippen MR) is 153 cm³/mol. The van der Waals surface area contributed by atoms with Crippen LogP contribution in [-0.4, -0.2) is 26.0 Å². The van der Waals surface area contributed by atoms with Crippen molar-refractivity contribution in [1.82, 2.24) is 19.4 Å². The highest BCUT2D eigenvalue weighted by atomic mass is 15.2. The fourth-order valence-electron chi connectivity index (χ4n) is 6.16. The molecule has 0 saturated carbocycles. The van der Waals surface area contributed by atoms with Gasteiger partial charge in [-0.2, -0.15) is 0 Å². The molecule has 5 aromatic rings. The molecule has 1 unspecified atom stereocenters. The second-order valence-corrected chi connectivity index (χ2v) is 10.4. The van der Waals surface area contributed by atoms with Crippen molar-refractivity contribution in [1.29, 1.82) is 0 Å². The maximum Gasteiger partial charge on any atom is 0.0787 e. The van der Waals surface area contributed by atoms with Crippen LogP contribution in [0.3, 0.4) is 0 Å². The van der Waals surface area contributed by atoms with Gasteiger partial charge < -0.3 is 4.57 Å². The van der Waals surface area contributed by atoms with E-state index in [2.05, 4.69) is 89.2 Å². The Kier molecular flexibility index (Phi) is 7.00. The van der Waals surface area contributed by atoms with E-state index < -0.39 is 0 Å². The van der Waals surface area contributed by atoms with Crippen molar-refractivity contribution in [3.8, 4) is 0 Å². The number of aromatic nitrogens is 3. The van der Waals surface area contributed by atoms with Crippen LogP contribution in [-0.2, 0) is 19.5 Å². The number of aryl methyl sites for hydroxylation is 1. The normalized spacial score (nSPS) is 15.5. The first-order valence-electron chi connectivity index (χ1n) is 13.9. The van der Waals surface area contributed by atoms with Crippen LogP contribution in [0.4, 0.5) is 0 Å². The third-order valence-electron chi connectivity index (χ3n) is 7.95. The number of fused-ring (bicyclic) bond motifs is 4. The lowest BCUT2D eigenvalue weighted by Crippen LogP contribution is -2.33. The summed E-state index contributed by atoms with van der Waals surface area (Å²) in [6.45, 7) is 5.04. The van der Waals surface area contributed by atoms with Crippen LogP contribution in [0.25, 0.3) is 21.8 Å². The van der Waals surface area contributed by atoms with E-state index in [1.54, 1.807) is 0 Å². The number of hydrogen-bond donors (Lipinski definition) is 0. The first-order valence-corrected chi connectivity index (χ1v) is 13.9. The average Bonchev–Trinajstić information content (AvgIpc) is 3.27. The van der Waals surface area contributed by atoms with Gasteiger partial charge in [0.05, 0.1) is 22.9 Å². The molecule has 0 fully saturated rings. The van der Waals surface area contributed by atoms with Crippen LogP contribution >= 0.6 is 0 Å². The van der Waals surface area contributed by atoms with Gasteiger partial charge in [-0.05, 0) is 61.6 Å². The van der Waals surface area contributed by atoms with Gasteiger partial charge in [0, 0.05) is 41.8 Å². The summed E-state index contributed by atoms with van der Waals surface area (Å²) in [7, 11) is 0. The smallest absolute Gasteiger partial charge is 0.0787 e. The highest BCUT2D eigenvalue weighted by molar-refractivity contribution is 6.08. The molecular weight excluding hydrogens is 452 g/mol. The van der Waals surface area contributed by atoms with Crippen molar-refractivity contribution in [2.45, 2.75) is 64.6 Å². The van der Waals surface area contributed by atoms with Crippen molar-refractivity contribution in [3.63, 3.8) is 0 Å². The molecule has 1 aliphatic carbocycles. The molecular formula is C33H36N4. The van der Waals surface area contributed by atoms with Gasteiger partial charge in [0.2, 0.25) is 0 Å². The molecule has 1 aliphatic rings. The molecule has 1 atom stereocenters. The fraction of sp³-hybridized carbons (Fsp3) is 0.333. The summed E-state index contributed by atoms with van der Waals surface area (Å²) >= 11 is 0. The Labute approximate surface area is 220 Å². The van der Waals surface area contributed by atoms with Crippen molar-refractivity contribution >= 4 is 21.8 Å². The number of nitrogens with zero attached hydrogens (tertiary/aromatic N) is 4. The lowest BCUT2D eigenvalue weighted by atomic mass is 9.90. The second-order valence-electron chi connectivity index (χ2n) is 10.4. The van der Waals surface area contributed by atoms with Gasteiger partial charge in [0.25, 0.3) is 0 Å². The highest BCUT2D eigenvalue weighted by Gasteiger charge is 2.28. The molecule has 3 aromatic heterocycles. The molecule has 0 amide bonds. The topological polar surface area (TPSA) is 34.0 Å². The minimum atomic E-state index is 0.353. The average molecular weight is 489 g/mol. The summed E-state index contributed by atoms with van der Waals surface area (Å²) in [5, 5.41) is 2.60. The van der Waals surface area contributed by atoms with E-state index in [1.165, 1.54) is 76.4 Å². The number of hydrogen-bond acceptors (Lipinski definition) is 3. The van der Waals surface area contributed by atoms with Crippen LogP contribution in [0.15, 0.2) is 85.2 Å². The van der Waals surface area contributed by atoms with Gasteiger partial charge in [0.1, 0.15) is 0 Å². The van der Waals surface area contributed by atoms with Gasteiger partial charge >= 0.3 is 0 Å². The van der Waals surface area contributed by atoms with Crippen molar-refractivity contribution < 1.29 is 0 Å². The predicted octanol–water partition coefficient (Wildman–Crippen LogP) is 7.70. The summed E-state index contributed by atoms with van der Waals surface area (Å²) in [4.78, 5) is 12.6. The third kappa shape index (κ3) is 4.78. The van der Waals surface area contributed by atoms with E-state index in [1.807, 2.05) is 12.4 Å². The number of pyridine rings is 2. The zero-order chi connectivity index (χ0) is 25.0. The molecule has 0 N–H and O–H groups in total. The highest BCUT2D eigenvalue weighted by Crippen LogP contribution is 2.36. The molecule has 2 aromatic carbocycles. The molecule has 4 heteroatoms. The van der Waals surface area contributed by atoms with Crippen molar-refractivity contribution in [3.05, 3.63) is 108 Å². The maximum atomic E-state index is 5.04. The molecule has 0 bridgehead atoms. The zero-order valence-electron chi connectivity index (χ0n) is 21.8. The number of para-hydroxylation sites is 1. The Morgan fingerprint density at radius 1 is 0.865 bits per heavy atom. The third-order valence-corrected chi connectivity index (χ3v) is 7.95. The number of benzene rings is 2. The number of rotatable bonds is 9. The van der Waals surface area contributed by atoms with Gasteiger partial charge in [-0.15, -0.1) is 0 Å². The lowest BCUT2D eigenvalue weighted by molar-refractivity contribution is 0.161. The molecule has 3 heterocycles. The molecule has 0 aliphatic heterocycles. The Hall–Kier alpha value is -3.50. The fourth-order valence-corrected chi connectivity index (χ4v) is 6.16. The van der Waals surface area contributed by atoms with Crippen LogP contribution in [0.1, 0.15) is 67.6 Å². The standard InChI is InChI=1S/C33H36N4/c1-2-3-9-22-36(31-18-10-14-26-15-11-20-35-32(26)31)24-29-33-28(19-21-34-29)27-16-7-8-17-30(27)37(33)23-25-12-5-4-6-13-25/h4-8,11-13,15-17,19-21,31H,2-3,9-10,14,18,22-24H2,1H3. The van der Waals surface area contributed by atoms with Crippen molar-refractivity contribution in [2.75, 3.05) is 6.54 Å². The van der Waals surface area contributed by atoms with Gasteiger partial charge in [-0.1, -0.05) is 74.4 Å². The first kappa shape index (κ1) is 23.9. The van der Waals surface area contributed by atoms with Crippen LogP contribution in [0.2, 0.25) is 0 Å². The first-order chi connectivity index (χ1) is 18.3. The molecule has 0 spiro atoms. The van der Waals surface area contributed by atoms with Gasteiger partial charge in [-0.25, -0.2) is 0 Å². The van der Waals surface area contributed by atoms with Gasteiger partial charge in [0.15, 0.2) is 0 Å². The van der Waals surface area contributed by atoms with E-state index >= 15 is 0 Å². The van der Waals surface area contributed by atoms with E-state index in [0.717, 1.165) is 26.1 Å². The van der Waals surface area contributed by atoms with E-state index in [4.69, 9.17) is 9.97 Å². The summed E-state index contributed by atoms with van der Waals surface area (Å²) in [6, 6.07) is 26.5. The molecule has 37 heavy (non-hydrogen) atoms. The summed E-state index contributed by atoms with van der Waals surface area (Å²) in [5.74, 6) is 0. The monoisotopic (exact) mass is 488 g/mol. The Balaban J connectivity index is 1.45. The maximum absolute atomic E-state index is 5.04. The van der Waals surface area contributed by atoms with E-state index in [-0.39, 0.29) is 0 Å². The number of unbranched alkanes of at least 4 members (excludes halogenated alkanes) is 2. The Bertz CT molecular complexity index is 1490. The van der Waals surface area contributed by atoms with E-state index in [0.29, 0.717) is 6.04 Å². The minimum Gasteiger partial charge on any atom is -0.334 e. The molecule has 6 rings (SSSR count). The molecule has 4 nitrogen and oxygen atoms in total. The van der Waals surface area contributed by atoms with Gasteiger partial charge in [-0.3, -0.25) is 14.9 Å². The largest absolute Gasteiger partial charge is 0.334 e. The van der Waals surface area contributed by atoms with E-state index in [9.17, 15) is 0 Å². The summed E-state index contributed by atoms with van der Waals surface area (Å²) < 4.78 is 2.49. The second kappa shape index (κ2) is 10.9. The molecule has 188 valence electrons. The van der Waals surface area contributed by atoms with Crippen LogP contribution in [0, 0.1) is 0 Å². The molecule has 0 radical (unpaired) electrons. The molecule has 0 saturated heterocycles. The Morgan fingerprint density at radius 3 is 2.62 bits per heavy atom. The van der Waals surface area contributed by atoms with Crippen LogP contribution < -0.4 is 0 Å². The SMILES string of the molecule is CCCCCN(Cc1nccc2c3ccccc3n(Cc3ccccc3)c12)C1CCCc2cccnc21. The zero-order valence-corrected chi connectivity index (χ0v) is 21.8. The summed E-state index contributed by atoms with van der Waals surface area (Å²) in [5.41, 5.74) is 7.73. The Morgan fingerprint density at radius 2 is 1.73 bits per heavy atom. The minimum absolute atomic E-state index is 0.353.